The maximum Gasteiger partial charge on any atom is 0.268 e. The number of carbonyl (C=O) groups is 1. The van der Waals surface area contributed by atoms with Gasteiger partial charge in [0, 0.05) is 67.3 Å². The van der Waals surface area contributed by atoms with Crippen LogP contribution < -0.4 is 19.1 Å². The number of piperazine rings is 1. The number of hydrogen-bond donors (Lipinski definition) is 2. The summed E-state index contributed by atoms with van der Waals surface area (Å²) in [6.45, 7) is 11.0. The molecular formula is C47H52Cl2FN5O6S. The van der Waals surface area contributed by atoms with Gasteiger partial charge in [-0.15, -0.1) is 0 Å². The Morgan fingerprint density at radius 1 is 0.968 bits per heavy atom. The van der Waals surface area contributed by atoms with E-state index >= 15 is 0 Å². The van der Waals surface area contributed by atoms with E-state index in [2.05, 4.69) is 50.5 Å². The van der Waals surface area contributed by atoms with Crippen molar-refractivity contribution in [2.24, 2.45) is 16.3 Å². The van der Waals surface area contributed by atoms with Gasteiger partial charge in [-0.1, -0.05) is 54.8 Å². The van der Waals surface area contributed by atoms with Crippen LogP contribution in [-0.4, -0.2) is 80.5 Å². The normalized spacial score (nSPS) is 21.5. The van der Waals surface area contributed by atoms with Crippen molar-refractivity contribution >= 4 is 56.6 Å². The van der Waals surface area contributed by atoms with Gasteiger partial charge in [0.25, 0.3) is 15.9 Å². The zero-order valence-corrected chi connectivity index (χ0v) is 37.6. The van der Waals surface area contributed by atoms with E-state index in [1.807, 2.05) is 19.1 Å². The molecule has 2 aliphatic heterocycles. The summed E-state index contributed by atoms with van der Waals surface area (Å²) < 4.78 is 56.4. The third-order valence-electron chi connectivity index (χ3n) is 12.6. The molecule has 15 heteroatoms. The van der Waals surface area contributed by atoms with Crippen LogP contribution in [0.15, 0.2) is 82.3 Å². The Balaban J connectivity index is 0.990. The number of halogens is 3. The number of benzene rings is 3. The number of ether oxygens (including phenoxy) is 2. The fourth-order valence-corrected chi connectivity index (χ4v) is 10.1. The predicted molar refractivity (Wildman–Crippen MR) is 241 cm³/mol. The van der Waals surface area contributed by atoms with Crippen molar-refractivity contribution in [1.82, 2.24) is 14.6 Å². The Kier molecular flexibility index (Phi) is 12.7. The molecular weight excluding hydrogens is 853 g/mol. The number of sulfonamides is 1. The van der Waals surface area contributed by atoms with Crippen LogP contribution in [0.2, 0.25) is 10.0 Å². The number of rotatable bonds is 12. The van der Waals surface area contributed by atoms with Crippen LogP contribution in [0.5, 0.6) is 17.4 Å². The molecule has 4 aromatic rings. The second-order valence-corrected chi connectivity index (χ2v) is 20.6. The number of allylic oxidation sites excluding steroid dienone is 1. The number of anilines is 1. The van der Waals surface area contributed by atoms with Crippen LogP contribution in [0.4, 0.5) is 10.1 Å². The summed E-state index contributed by atoms with van der Waals surface area (Å²) in [4.78, 5) is 26.7. The molecule has 3 aromatic carbocycles. The van der Waals surface area contributed by atoms with Gasteiger partial charge in [-0.3, -0.25) is 14.7 Å². The maximum atomic E-state index is 14.8. The van der Waals surface area contributed by atoms with Gasteiger partial charge in [0.1, 0.15) is 27.2 Å². The third-order valence-corrected chi connectivity index (χ3v) is 14.4. The molecule has 62 heavy (non-hydrogen) atoms. The molecule has 0 bridgehead atoms. The molecule has 2 N–H and O–H groups in total. The van der Waals surface area contributed by atoms with Gasteiger partial charge < -0.3 is 19.5 Å². The van der Waals surface area contributed by atoms with Crippen LogP contribution in [-0.2, 0) is 16.6 Å². The number of aromatic nitrogens is 1. The molecule has 2 aliphatic carbocycles. The molecule has 1 saturated heterocycles. The average Bonchev–Trinajstić information content (AvgIpc) is 3.71. The lowest BCUT2D eigenvalue weighted by atomic mass is 9.72. The van der Waals surface area contributed by atoms with E-state index in [0.717, 1.165) is 68.6 Å². The first-order valence-corrected chi connectivity index (χ1v) is 23.4. The standard InChI is InChI=1S/C47H52Cl2FN5O6S/c1-46(2)13-12-32(39(24-46)31-4-6-34(48)7-5-31)28-54-16-18-55(19-17-54)36-8-9-38(43(22-36)61-42-21-35(50)20-33-25-51-27-40(33)42)44(56)53-62(58,59)37-23-41(49)45(52-26-37)60-29-30-10-14-47(3,57)15-11-30/h4-9,20-23,26-27,30,57H,10-19,24-25,28-29H2,1-3H3,(H,53,56). The Hall–Kier alpha value is -4.53. The second kappa shape index (κ2) is 17.9. The van der Waals surface area contributed by atoms with Crippen molar-refractivity contribution in [2.45, 2.75) is 82.8 Å². The molecule has 1 aromatic heterocycles. The number of nitrogens with zero attached hydrogens (tertiary/aromatic N) is 4. The summed E-state index contributed by atoms with van der Waals surface area (Å²) in [7, 11) is -4.47. The van der Waals surface area contributed by atoms with Gasteiger partial charge in [-0.2, -0.15) is 0 Å². The number of aliphatic imine (C=N–C) groups is 1. The number of fused-ring (bicyclic) bond motifs is 1. The summed E-state index contributed by atoms with van der Waals surface area (Å²) in [5.41, 5.74) is 5.54. The molecule has 11 nitrogen and oxygen atoms in total. The highest BCUT2D eigenvalue weighted by Crippen LogP contribution is 2.44. The monoisotopic (exact) mass is 903 g/mol. The van der Waals surface area contributed by atoms with Gasteiger partial charge in [-0.05, 0) is 116 Å². The van der Waals surface area contributed by atoms with Crippen molar-refractivity contribution < 1.29 is 32.2 Å². The molecule has 2 fully saturated rings. The number of pyridine rings is 1. The number of aliphatic hydroxyl groups is 1. The predicted octanol–water partition coefficient (Wildman–Crippen LogP) is 9.48. The SMILES string of the molecule is CC1(C)CCC(CN2CCN(c3ccc(C(=O)NS(=O)(=O)c4cnc(OCC5CCC(C)(O)CC5)c(Cl)c4)c(Oc4cc(F)cc5c4C=NC5)c3)CC2)=C(c2ccc(Cl)cc2)C1. The van der Waals surface area contributed by atoms with Crippen molar-refractivity contribution in [3.63, 3.8) is 0 Å². The molecule has 0 atom stereocenters. The van der Waals surface area contributed by atoms with E-state index in [1.165, 1.54) is 41.0 Å². The van der Waals surface area contributed by atoms with E-state index in [0.29, 0.717) is 50.2 Å². The highest BCUT2D eigenvalue weighted by molar-refractivity contribution is 7.90. The van der Waals surface area contributed by atoms with Crippen molar-refractivity contribution in [3.05, 3.63) is 111 Å². The first-order chi connectivity index (χ1) is 29.5. The molecule has 3 heterocycles. The fourth-order valence-electron chi connectivity index (χ4n) is 8.80. The molecule has 1 saturated carbocycles. The van der Waals surface area contributed by atoms with Crippen LogP contribution in [0, 0.1) is 17.2 Å². The van der Waals surface area contributed by atoms with Gasteiger partial charge >= 0.3 is 0 Å². The lowest BCUT2D eigenvalue weighted by Crippen LogP contribution is -2.47. The number of carbonyl (C=O) groups excluding carboxylic acids is 1. The highest BCUT2D eigenvalue weighted by Gasteiger charge is 2.32. The Bertz CT molecular complexity index is 2510. The lowest BCUT2D eigenvalue weighted by Gasteiger charge is -2.39. The van der Waals surface area contributed by atoms with Gasteiger partial charge in [0.05, 0.1) is 30.5 Å². The zero-order chi connectivity index (χ0) is 43.8. The second-order valence-electron chi connectivity index (χ2n) is 18.1. The van der Waals surface area contributed by atoms with E-state index in [1.54, 1.807) is 18.3 Å². The van der Waals surface area contributed by atoms with E-state index < -0.39 is 27.3 Å². The number of hydrogen-bond acceptors (Lipinski definition) is 10. The molecule has 328 valence electrons. The summed E-state index contributed by atoms with van der Waals surface area (Å²) >= 11 is 12.7. The van der Waals surface area contributed by atoms with Crippen molar-refractivity contribution in [3.8, 4) is 17.4 Å². The summed E-state index contributed by atoms with van der Waals surface area (Å²) in [5, 5.41) is 11.0. The highest BCUT2D eigenvalue weighted by atomic mass is 35.5. The number of nitrogens with one attached hydrogen (secondary N) is 1. The number of amides is 1. The Morgan fingerprint density at radius 2 is 1.71 bits per heavy atom. The largest absolute Gasteiger partial charge is 0.476 e. The third kappa shape index (κ3) is 10.3. The molecule has 4 aliphatic rings. The quantitative estimate of drug-likeness (QED) is 0.143. The van der Waals surface area contributed by atoms with E-state index in [4.69, 9.17) is 32.7 Å². The first-order valence-electron chi connectivity index (χ1n) is 21.2. The summed E-state index contributed by atoms with van der Waals surface area (Å²) in [6, 6.07) is 16.9. The molecule has 0 unspecified atom stereocenters. The topological polar surface area (TPSA) is 134 Å². The van der Waals surface area contributed by atoms with E-state index in [-0.39, 0.29) is 44.2 Å². The Labute approximate surface area is 373 Å². The average molecular weight is 905 g/mol. The van der Waals surface area contributed by atoms with Gasteiger partial charge in [0.2, 0.25) is 5.88 Å². The maximum absolute atomic E-state index is 14.8. The summed E-state index contributed by atoms with van der Waals surface area (Å²) in [5.74, 6) is -0.989. The summed E-state index contributed by atoms with van der Waals surface area (Å²) in [6.07, 6.45) is 8.75. The molecule has 0 radical (unpaired) electrons. The van der Waals surface area contributed by atoms with Crippen LogP contribution in [0.25, 0.3) is 5.57 Å². The molecule has 0 spiro atoms. The van der Waals surface area contributed by atoms with Gasteiger partial charge in [-0.25, -0.2) is 22.5 Å². The molecule has 1 amide bonds. The Morgan fingerprint density at radius 3 is 2.44 bits per heavy atom. The van der Waals surface area contributed by atoms with Crippen LogP contribution in [0.3, 0.4) is 0 Å². The van der Waals surface area contributed by atoms with Crippen LogP contribution in [0.1, 0.15) is 92.8 Å². The fraction of sp³-hybridized carbons (Fsp3) is 0.426. The first kappa shape index (κ1) is 44.1. The zero-order valence-electron chi connectivity index (χ0n) is 35.2. The van der Waals surface area contributed by atoms with E-state index in [9.17, 15) is 22.7 Å². The van der Waals surface area contributed by atoms with Gasteiger partial charge in [0.15, 0.2) is 0 Å². The molecule has 8 rings (SSSR count). The smallest absolute Gasteiger partial charge is 0.268 e. The van der Waals surface area contributed by atoms with Crippen LogP contribution >= 0.6 is 23.2 Å². The van der Waals surface area contributed by atoms with Crippen molar-refractivity contribution in [1.29, 1.82) is 0 Å². The van der Waals surface area contributed by atoms with Crippen molar-refractivity contribution in [2.75, 3.05) is 44.2 Å². The minimum atomic E-state index is -4.47. The minimum Gasteiger partial charge on any atom is -0.476 e. The lowest BCUT2D eigenvalue weighted by molar-refractivity contribution is 0.00127. The minimum absolute atomic E-state index is 0.0281.